The number of fused-ring (bicyclic) bond motifs is 1. The summed E-state index contributed by atoms with van der Waals surface area (Å²) in [7, 11) is 0. The molecule has 0 unspecified atom stereocenters. The molecule has 0 fully saturated rings. The van der Waals surface area contributed by atoms with Crippen molar-refractivity contribution in [3.8, 4) is 11.1 Å². The van der Waals surface area contributed by atoms with Gasteiger partial charge < -0.3 is 4.98 Å². The van der Waals surface area contributed by atoms with Crippen LogP contribution in [0.5, 0.6) is 0 Å². The number of allylic oxidation sites excluding steroid dienone is 1. The maximum atomic E-state index is 3.86. The van der Waals surface area contributed by atoms with Gasteiger partial charge in [-0.15, -0.1) is 6.58 Å². The van der Waals surface area contributed by atoms with Crippen LogP contribution in [-0.2, 0) is 6.42 Å². The minimum absolute atomic E-state index is 0.888. The molecule has 0 spiro atoms. The molecule has 1 aromatic heterocycles. The van der Waals surface area contributed by atoms with Gasteiger partial charge in [0.2, 0.25) is 0 Å². The van der Waals surface area contributed by atoms with Gasteiger partial charge in [0.05, 0.1) is 0 Å². The number of hydrogen-bond donors (Lipinski definition) is 1. The summed E-state index contributed by atoms with van der Waals surface area (Å²) >= 11 is 0. The molecule has 0 bridgehead atoms. The van der Waals surface area contributed by atoms with Gasteiger partial charge in [-0.2, -0.15) is 0 Å². The summed E-state index contributed by atoms with van der Waals surface area (Å²) < 4.78 is 0. The fourth-order valence-corrected chi connectivity index (χ4v) is 2.65. The third-order valence-electron chi connectivity index (χ3n) is 3.42. The van der Waals surface area contributed by atoms with E-state index in [1.807, 2.05) is 6.08 Å². The largest absolute Gasteiger partial charge is 0.358 e. The lowest BCUT2D eigenvalue weighted by Crippen LogP contribution is -2.25. The smallest absolute Gasteiger partial charge is 0.0418 e. The van der Waals surface area contributed by atoms with Crippen LogP contribution in [0.2, 0.25) is 0 Å². The third kappa shape index (κ3) is 1.82. The van der Waals surface area contributed by atoms with Crippen molar-refractivity contribution in [2.45, 2.75) is 19.3 Å². The number of H-pyrrole nitrogens is 1. The predicted octanol–water partition coefficient (Wildman–Crippen LogP) is 2.77. The first kappa shape index (κ1) is 11.1. The number of nitrogens with one attached hydrogen (secondary N) is 1. The Hall–Kier alpha value is -2.02. The Morgan fingerprint density at radius 2 is 1.89 bits per heavy atom. The van der Waals surface area contributed by atoms with Crippen molar-refractivity contribution in [1.82, 2.24) is 4.98 Å². The Morgan fingerprint density at radius 3 is 2.67 bits per heavy atom. The molecule has 0 aliphatic heterocycles. The van der Waals surface area contributed by atoms with E-state index in [9.17, 15) is 0 Å². The second-order valence-corrected chi connectivity index (χ2v) is 4.65. The summed E-state index contributed by atoms with van der Waals surface area (Å²) in [6.45, 7) is 3.86. The summed E-state index contributed by atoms with van der Waals surface area (Å²) in [5.74, 6) is 0. The van der Waals surface area contributed by atoms with Crippen LogP contribution in [0.25, 0.3) is 23.3 Å². The van der Waals surface area contributed by atoms with Crippen LogP contribution < -0.4 is 10.6 Å². The molecule has 1 aromatic carbocycles. The molecule has 1 aliphatic carbocycles. The molecule has 18 heavy (non-hydrogen) atoms. The van der Waals surface area contributed by atoms with Crippen LogP contribution >= 0.6 is 0 Å². The maximum absolute atomic E-state index is 3.86. The highest BCUT2D eigenvalue weighted by atomic mass is 14.7. The summed E-state index contributed by atoms with van der Waals surface area (Å²) in [5.41, 5.74) is 3.91. The quantitative estimate of drug-likeness (QED) is 0.787. The number of aromatic amines is 1. The zero-order valence-corrected chi connectivity index (χ0v) is 10.4. The first-order chi connectivity index (χ1) is 8.90. The van der Waals surface area contributed by atoms with Crippen LogP contribution in [0.4, 0.5) is 0 Å². The van der Waals surface area contributed by atoms with Gasteiger partial charge in [-0.1, -0.05) is 48.6 Å². The molecule has 0 saturated heterocycles. The van der Waals surface area contributed by atoms with E-state index >= 15 is 0 Å². The van der Waals surface area contributed by atoms with Crippen molar-refractivity contribution in [3.05, 3.63) is 59.2 Å². The van der Waals surface area contributed by atoms with E-state index in [4.69, 9.17) is 0 Å². The Kier molecular flexibility index (Phi) is 2.89. The number of hydrogen-bond acceptors (Lipinski definition) is 0. The molecule has 0 atom stereocenters. The highest BCUT2D eigenvalue weighted by molar-refractivity contribution is 5.69. The monoisotopic (exact) mass is 235 g/mol. The first-order valence-electron chi connectivity index (χ1n) is 6.47. The number of aromatic nitrogens is 1. The molecule has 1 nitrogen and oxygen atoms in total. The van der Waals surface area contributed by atoms with Gasteiger partial charge in [0.15, 0.2) is 0 Å². The van der Waals surface area contributed by atoms with Crippen LogP contribution in [0.1, 0.15) is 18.5 Å². The van der Waals surface area contributed by atoms with Crippen LogP contribution in [0.15, 0.2) is 43.0 Å². The molecule has 0 saturated carbocycles. The normalized spacial score (nSPS) is 13.3. The molecule has 90 valence electrons. The van der Waals surface area contributed by atoms with Crippen molar-refractivity contribution in [1.29, 1.82) is 0 Å². The lowest BCUT2D eigenvalue weighted by atomic mass is 10.0. The Balaban J connectivity index is 2.30. The van der Waals surface area contributed by atoms with Gasteiger partial charge in [0, 0.05) is 28.2 Å². The van der Waals surface area contributed by atoms with Crippen molar-refractivity contribution in [2.24, 2.45) is 0 Å². The average molecular weight is 235 g/mol. The molecule has 0 amide bonds. The van der Waals surface area contributed by atoms with E-state index in [1.54, 1.807) is 0 Å². The van der Waals surface area contributed by atoms with Gasteiger partial charge in [0.1, 0.15) is 0 Å². The van der Waals surface area contributed by atoms with Crippen LogP contribution in [-0.4, -0.2) is 4.98 Å². The van der Waals surface area contributed by atoms with E-state index in [-0.39, 0.29) is 0 Å². The van der Waals surface area contributed by atoms with E-state index in [0.29, 0.717) is 0 Å². The summed E-state index contributed by atoms with van der Waals surface area (Å²) in [6, 6.07) is 10.6. The number of benzene rings is 1. The van der Waals surface area contributed by atoms with Gasteiger partial charge in [-0.05, 0) is 18.4 Å². The van der Waals surface area contributed by atoms with E-state index in [1.165, 1.54) is 27.4 Å². The molecule has 0 radical (unpaired) electrons. The first-order valence-corrected chi connectivity index (χ1v) is 6.47. The molecule has 3 rings (SSSR count). The predicted molar refractivity (Wildman–Crippen MR) is 77.5 cm³/mol. The van der Waals surface area contributed by atoms with Gasteiger partial charge in [-0.3, -0.25) is 0 Å². The standard InChI is InChI=1S/C17H17N/c1-2-8-16-17(13-9-4-3-5-10-13)14-11-6-7-12-15(14)18-16/h2-5,9-12,18H,1,6-8H2. The molecule has 1 heterocycles. The molecule has 2 aromatic rings. The zero-order chi connectivity index (χ0) is 12.4. The lowest BCUT2D eigenvalue weighted by Gasteiger charge is -2.03. The van der Waals surface area contributed by atoms with Crippen LogP contribution in [0.3, 0.4) is 0 Å². The summed E-state index contributed by atoms with van der Waals surface area (Å²) in [4.78, 5) is 3.54. The molecular formula is C17H17N. The topological polar surface area (TPSA) is 15.8 Å². The molecule has 1 N–H and O–H groups in total. The maximum Gasteiger partial charge on any atom is 0.0418 e. The second kappa shape index (κ2) is 4.69. The van der Waals surface area contributed by atoms with Crippen molar-refractivity contribution >= 4 is 12.2 Å². The van der Waals surface area contributed by atoms with E-state index in [0.717, 1.165) is 19.3 Å². The highest BCUT2D eigenvalue weighted by Crippen LogP contribution is 2.19. The minimum Gasteiger partial charge on any atom is -0.358 e. The van der Waals surface area contributed by atoms with Gasteiger partial charge >= 0.3 is 0 Å². The summed E-state index contributed by atoms with van der Waals surface area (Å²) in [6.07, 6.45) is 9.77. The Morgan fingerprint density at radius 1 is 1.11 bits per heavy atom. The number of rotatable bonds is 3. The SMILES string of the molecule is C=CCc1[nH]c2c(c1-c1ccccc1)=CCCC=2. The van der Waals surface area contributed by atoms with E-state index in [2.05, 4.69) is 54.0 Å². The fraction of sp³-hybridized carbons (Fsp3) is 0.176. The fourth-order valence-electron chi connectivity index (χ4n) is 2.65. The Bertz CT molecular complexity index is 674. The third-order valence-corrected chi connectivity index (χ3v) is 3.42. The average Bonchev–Trinajstić information content (AvgIpc) is 2.78. The van der Waals surface area contributed by atoms with Crippen molar-refractivity contribution in [2.75, 3.05) is 0 Å². The molecule has 1 heteroatoms. The van der Waals surface area contributed by atoms with E-state index < -0.39 is 0 Å². The Labute approximate surface area is 107 Å². The minimum atomic E-state index is 0.888. The highest BCUT2D eigenvalue weighted by Gasteiger charge is 2.10. The lowest BCUT2D eigenvalue weighted by molar-refractivity contribution is 1.08. The molecular weight excluding hydrogens is 218 g/mol. The zero-order valence-electron chi connectivity index (χ0n) is 10.4. The van der Waals surface area contributed by atoms with Crippen LogP contribution in [0, 0.1) is 0 Å². The molecule has 1 aliphatic rings. The van der Waals surface area contributed by atoms with Gasteiger partial charge in [-0.25, -0.2) is 0 Å². The summed E-state index contributed by atoms with van der Waals surface area (Å²) in [5, 5.41) is 2.64. The van der Waals surface area contributed by atoms with Gasteiger partial charge in [0.25, 0.3) is 0 Å². The second-order valence-electron chi connectivity index (χ2n) is 4.65. The van der Waals surface area contributed by atoms with Crippen molar-refractivity contribution < 1.29 is 0 Å². The van der Waals surface area contributed by atoms with Crippen molar-refractivity contribution in [3.63, 3.8) is 0 Å².